The summed E-state index contributed by atoms with van der Waals surface area (Å²) >= 11 is 0. The number of hydrogen-bond acceptors (Lipinski definition) is 3. The Kier molecular flexibility index (Phi) is 5.24. The molecule has 2 rings (SSSR count). The van der Waals surface area contributed by atoms with Crippen LogP contribution in [0.5, 0.6) is 5.75 Å². The summed E-state index contributed by atoms with van der Waals surface area (Å²) in [6, 6.07) is 5.35. The minimum Gasteiger partial charge on any atom is -0.494 e. The Bertz CT molecular complexity index is 430. The van der Waals surface area contributed by atoms with E-state index in [1.165, 1.54) is 39.1 Å². The van der Waals surface area contributed by atoms with E-state index in [9.17, 15) is 4.39 Å². The summed E-state index contributed by atoms with van der Waals surface area (Å²) in [7, 11) is 1.49. The number of nitrogens with one attached hydrogen (secondary N) is 1. The van der Waals surface area contributed by atoms with Crippen molar-refractivity contribution in [3.8, 4) is 5.75 Å². The molecular weight excluding hydrogens is 255 g/mol. The number of benzene rings is 1. The molecule has 112 valence electrons. The van der Waals surface area contributed by atoms with Crippen molar-refractivity contribution < 1.29 is 9.13 Å². The lowest BCUT2D eigenvalue weighted by Gasteiger charge is -2.34. The third-order valence-corrected chi connectivity index (χ3v) is 4.33. The molecular formula is C16H25FN2O. The van der Waals surface area contributed by atoms with Gasteiger partial charge in [-0.15, -0.1) is 0 Å². The summed E-state index contributed by atoms with van der Waals surface area (Å²) in [4.78, 5) is 2.49. The van der Waals surface area contributed by atoms with Crippen LogP contribution in [0.1, 0.15) is 26.7 Å². The number of ether oxygens (including phenoxy) is 1. The van der Waals surface area contributed by atoms with Crippen molar-refractivity contribution in [2.45, 2.75) is 32.7 Å². The van der Waals surface area contributed by atoms with E-state index in [0.29, 0.717) is 17.7 Å². The van der Waals surface area contributed by atoms with E-state index in [1.807, 2.05) is 0 Å². The van der Waals surface area contributed by atoms with Crippen molar-refractivity contribution >= 4 is 5.69 Å². The molecule has 0 saturated carbocycles. The van der Waals surface area contributed by atoms with Crippen LogP contribution in [0, 0.1) is 11.7 Å². The van der Waals surface area contributed by atoms with Crippen molar-refractivity contribution in [1.82, 2.24) is 4.90 Å². The summed E-state index contributed by atoms with van der Waals surface area (Å²) in [5.41, 5.74) is 0.925. The molecule has 3 nitrogen and oxygen atoms in total. The van der Waals surface area contributed by atoms with Crippen LogP contribution in [0.4, 0.5) is 10.1 Å². The van der Waals surface area contributed by atoms with E-state index in [0.717, 1.165) is 12.2 Å². The molecule has 1 saturated heterocycles. The fraction of sp³-hybridized carbons (Fsp3) is 0.625. The van der Waals surface area contributed by atoms with Crippen LogP contribution in [0.2, 0.25) is 0 Å². The maximum atomic E-state index is 13.4. The van der Waals surface area contributed by atoms with Crippen molar-refractivity contribution in [3.63, 3.8) is 0 Å². The first-order chi connectivity index (χ1) is 9.63. The third kappa shape index (κ3) is 3.63. The Morgan fingerprint density at radius 1 is 1.40 bits per heavy atom. The number of hydrogen-bond donors (Lipinski definition) is 1. The van der Waals surface area contributed by atoms with E-state index in [4.69, 9.17) is 4.74 Å². The monoisotopic (exact) mass is 280 g/mol. The summed E-state index contributed by atoms with van der Waals surface area (Å²) < 4.78 is 18.4. The van der Waals surface area contributed by atoms with Gasteiger partial charge in [0.25, 0.3) is 0 Å². The van der Waals surface area contributed by atoms with Gasteiger partial charge in [-0.1, -0.05) is 6.92 Å². The molecule has 20 heavy (non-hydrogen) atoms. The van der Waals surface area contributed by atoms with Crippen molar-refractivity contribution in [3.05, 3.63) is 24.0 Å². The Hall–Kier alpha value is -1.29. The van der Waals surface area contributed by atoms with Gasteiger partial charge in [0, 0.05) is 17.8 Å². The third-order valence-electron chi connectivity index (χ3n) is 4.33. The average Bonchev–Trinajstić information content (AvgIpc) is 2.49. The van der Waals surface area contributed by atoms with Crippen molar-refractivity contribution in [2.75, 3.05) is 32.1 Å². The van der Waals surface area contributed by atoms with Crippen LogP contribution >= 0.6 is 0 Å². The molecule has 0 radical (unpaired) electrons. The van der Waals surface area contributed by atoms with E-state index in [2.05, 4.69) is 24.1 Å². The molecule has 0 spiro atoms. The topological polar surface area (TPSA) is 24.5 Å². The maximum absolute atomic E-state index is 13.4. The lowest BCUT2D eigenvalue weighted by atomic mass is 9.90. The largest absolute Gasteiger partial charge is 0.494 e. The summed E-state index contributed by atoms with van der Waals surface area (Å²) in [6.45, 7) is 7.93. The SMILES string of the molecule is CCN1CCC(C(C)Nc2ccc(F)c(OC)c2)CC1. The number of nitrogens with zero attached hydrogens (tertiary/aromatic N) is 1. The number of piperidine rings is 1. The zero-order valence-corrected chi connectivity index (χ0v) is 12.7. The second kappa shape index (κ2) is 6.93. The molecule has 1 aliphatic heterocycles. The molecule has 1 aliphatic rings. The van der Waals surface area contributed by atoms with Gasteiger partial charge < -0.3 is 15.0 Å². The van der Waals surface area contributed by atoms with E-state index in [1.54, 1.807) is 12.1 Å². The summed E-state index contributed by atoms with van der Waals surface area (Å²) in [5.74, 6) is 0.652. The van der Waals surface area contributed by atoms with Gasteiger partial charge in [0.15, 0.2) is 11.6 Å². The van der Waals surface area contributed by atoms with Gasteiger partial charge in [0.05, 0.1) is 7.11 Å². The predicted octanol–water partition coefficient (Wildman–Crippen LogP) is 3.37. The molecule has 0 aliphatic carbocycles. The molecule has 1 unspecified atom stereocenters. The van der Waals surface area contributed by atoms with E-state index < -0.39 is 0 Å². The summed E-state index contributed by atoms with van der Waals surface area (Å²) in [5, 5.41) is 3.48. The van der Waals surface area contributed by atoms with E-state index >= 15 is 0 Å². The number of anilines is 1. The Balaban J connectivity index is 1.93. The minimum absolute atomic E-state index is 0.294. The van der Waals surface area contributed by atoms with E-state index in [-0.39, 0.29) is 5.82 Å². The molecule has 1 aromatic rings. The molecule has 1 N–H and O–H groups in total. The highest BCUT2D eigenvalue weighted by Gasteiger charge is 2.23. The van der Waals surface area contributed by atoms with Crippen LogP contribution in [-0.2, 0) is 0 Å². The lowest BCUT2D eigenvalue weighted by Crippen LogP contribution is -2.39. The van der Waals surface area contributed by atoms with Crippen LogP contribution in [-0.4, -0.2) is 37.7 Å². The van der Waals surface area contributed by atoms with Gasteiger partial charge in [-0.25, -0.2) is 4.39 Å². The van der Waals surface area contributed by atoms with Crippen molar-refractivity contribution in [1.29, 1.82) is 0 Å². The number of rotatable bonds is 5. The smallest absolute Gasteiger partial charge is 0.165 e. The van der Waals surface area contributed by atoms with Gasteiger partial charge in [0.2, 0.25) is 0 Å². The second-order valence-corrected chi connectivity index (χ2v) is 5.55. The Labute approximate surface area is 121 Å². The van der Waals surface area contributed by atoms with Gasteiger partial charge >= 0.3 is 0 Å². The molecule has 0 aromatic heterocycles. The van der Waals surface area contributed by atoms with Crippen LogP contribution < -0.4 is 10.1 Å². The van der Waals surface area contributed by atoms with Gasteiger partial charge in [-0.05, 0) is 57.5 Å². The number of halogens is 1. The van der Waals surface area contributed by atoms with Gasteiger partial charge in [-0.2, -0.15) is 0 Å². The second-order valence-electron chi connectivity index (χ2n) is 5.55. The predicted molar refractivity (Wildman–Crippen MR) is 80.9 cm³/mol. The van der Waals surface area contributed by atoms with Crippen LogP contribution in [0.3, 0.4) is 0 Å². The maximum Gasteiger partial charge on any atom is 0.165 e. The fourth-order valence-electron chi connectivity index (χ4n) is 2.90. The quantitative estimate of drug-likeness (QED) is 0.895. The van der Waals surface area contributed by atoms with Gasteiger partial charge in [-0.3, -0.25) is 0 Å². The molecule has 1 heterocycles. The van der Waals surface area contributed by atoms with Gasteiger partial charge in [0.1, 0.15) is 0 Å². The fourth-order valence-corrected chi connectivity index (χ4v) is 2.90. The van der Waals surface area contributed by atoms with Crippen LogP contribution in [0.15, 0.2) is 18.2 Å². The normalized spacial score (nSPS) is 18.8. The molecule has 1 fully saturated rings. The molecule has 0 amide bonds. The van der Waals surface area contributed by atoms with Crippen molar-refractivity contribution in [2.24, 2.45) is 5.92 Å². The average molecular weight is 280 g/mol. The first-order valence-electron chi connectivity index (χ1n) is 7.46. The Morgan fingerprint density at radius 2 is 2.10 bits per heavy atom. The molecule has 0 bridgehead atoms. The summed E-state index contributed by atoms with van der Waals surface area (Å²) in [6.07, 6.45) is 2.45. The minimum atomic E-state index is -0.318. The molecule has 1 aromatic carbocycles. The number of likely N-dealkylation sites (tertiary alicyclic amines) is 1. The zero-order chi connectivity index (χ0) is 14.5. The highest BCUT2D eigenvalue weighted by Crippen LogP contribution is 2.26. The first-order valence-corrected chi connectivity index (χ1v) is 7.46. The Morgan fingerprint density at radius 3 is 2.70 bits per heavy atom. The standard InChI is InChI=1S/C16H25FN2O/c1-4-19-9-7-13(8-10-19)12(2)18-14-5-6-15(17)16(11-14)20-3/h5-6,11-13,18H,4,7-10H2,1-3H3. The molecule has 4 heteroatoms. The van der Waals surface area contributed by atoms with Crippen LogP contribution in [0.25, 0.3) is 0 Å². The first kappa shape index (κ1) is 15.1. The lowest BCUT2D eigenvalue weighted by molar-refractivity contribution is 0.183. The zero-order valence-electron chi connectivity index (χ0n) is 12.7. The highest BCUT2D eigenvalue weighted by atomic mass is 19.1. The number of methoxy groups -OCH3 is 1. The highest BCUT2D eigenvalue weighted by molar-refractivity contribution is 5.49. The molecule has 1 atom stereocenters.